The summed E-state index contributed by atoms with van der Waals surface area (Å²) in [5.74, 6) is 0.0923. The lowest BCUT2D eigenvalue weighted by Gasteiger charge is -2.02. The highest BCUT2D eigenvalue weighted by Gasteiger charge is 1.96. The van der Waals surface area contributed by atoms with E-state index < -0.39 is 0 Å². The Bertz CT molecular complexity index is 418. The number of anilines is 2. The van der Waals surface area contributed by atoms with Crippen LogP contribution >= 0.6 is 0 Å². The molecule has 1 aromatic carbocycles. The molecule has 2 aromatic rings. The molecule has 0 amide bonds. The number of nitrogens with one attached hydrogen (secondary N) is 1. The van der Waals surface area contributed by atoms with E-state index in [0.29, 0.717) is 11.6 Å². The van der Waals surface area contributed by atoms with E-state index in [9.17, 15) is 4.39 Å². The van der Waals surface area contributed by atoms with Gasteiger partial charge in [-0.1, -0.05) is 6.07 Å². The van der Waals surface area contributed by atoms with Crippen LogP contribution in [0.1, 0.15) is 0 Å². The van der Waals surface area contributed by atoms with E-state index in [1.807, 2.05) is 0 Å². The normalized spacial score (nSPS) is 9.79. The quantitative estimate of drug-likeness (QED) is 0.783. The number of benzene rings is 1. The fourth-order valence-corrected chi connectivity index (χ4v) is 0.999. The Labute approximate surface area is 79.9 Å². The molecule has 70 valence electrons. The largest absolute Gasteiger partial charge is 0.324 e. The van der Waals surface area contributed by atoms with Gasteiger partial charge in [-0.25, -0.2) is 19.3 Å². The molecule has 0 spiro atoms. The topological polar surface area (TPSA) is 50.7 Å². The Balaban J connectivity index is 2.19. The summed E-state index contributed by atoms with van der Waals surface area (Å²) in [5, 5.41) is 2.84. The van der Waals surface area contributed by atoms with Crippen molar-refractivity contribution in [3.63, 3.8) is 0 Å². The van der Waals surface area contributed by atoms with Crippen molar-refractivity contribution >= 4 is 11.6 Å². The van der Waals surface area contributed by atoms with Crippen LogP contribution in [0.4, 0.5) is 16.0 Å². The molecule has 4 nitrogen and oxygen atoms in total. The van der Waals surface area contributed by atoms with Gasteiger partial charge in [-0.05, 0) is 18.2 Å². The summed E-state index contributed by atoms with van der Waals surface area (Å²) >= 11 is 0. The zero-order valence-corrected chi connectivity index (χ0v) is 7.18. The Kier molecular flexibility index (Phi) is 2.31. The van der Waals surface area contributed by atoms with E-state index in [1.54, 1.807) is 12.1 Å². The second kappa shape index (κ2) is 3.78. The lowest BCUT2D eigenvalue weighted by molar-refractivity contribution is 0.628. The fraction of sp³-hybridized carbons (Fsp3) is 0. The fourth-order valence-electron chi connectivity index (χ4n) is 0.999. The number of aromatic nitrogens is 3. The molecule has 0 unspecified atom stereocenters. The Morgan fingerprint density at radius 3 is 2.64 bits per heavy atom. The first-order valence-corrected chi connectivity index (χ1v) is 3.99. The van der Waals surface area contributed by atoms with Crippen LogP contribution in [0.25, 0.3) is 0 Å². The molecule has 0 saturated heterocycles. The molecule has 0 aliphatic rings. The average Bonchev–Trinajstić information content (AvgIpc) is 2.19. The summed E-state index contributed by atoms with van der Waals surface area (Å²) in [6, 6.07) is 6.08. The van der Waals surface area contributed by atoms with E-state index in [1.165, 1.54) is 24.8 Å². The van der Waals surface area contributed by atoms with Gasteiger partial charge in [-0.3, -0.25) is 0 Å². The third kappa shape index (κ3) is 2.01. The SMILES string of the molecule is Fc1cccc(Nc2ncncn2)c1. The van der Waals surface area contributed by atoms with Crippen molar-refractivity contribution < 1.29 is 4.39 Å². The summed E-state index contributed by atoms with van der Waals surface area (Å²) in [4.78, 5) is 11.4. The Morgan fingerprint density at radius 2 is 1.93 bits per heavy atom. The van der Waals surface area contributed by atoms with Gasteiger partial charge >= 0.3 is 0 Å². The first-order valence-electron chi connectivity index (χ1n) is 3.99. The molecular formula is C9H7FN4. The highest BCUT2D eigenvalue weighted by atomic mass is 19.1. The molecule has 1 N–H and O–H groups in total. The molecule has 0 radical (unpaired) electrons. The van der Waals surface area contributed by atoms with Crippen molar-refractivity contribution in [1.82, 2.24) is 15.0 Å². The molecule has 2 rings (SSSR count). The number of nitrogens with zero attached hydrogens (tertiary/aromatic N) is 3. The maximum absolute atomic E-state index is 12.8. The van der Waals surface area contributed by atoms with Gasteiger partial charge in [0, 0.05) is 5.69 Å². The molecule has 1 heterocycles. The third-order valence-corrected chi connectivity index (χ3v) is 1.57. The van der Waals surface area contributed by atoms with Gasteiger partial charge in [0.1, 0.15) is 18.5 Å². The molecule has 0 aliphatic carbocycles. The van der Waals surface area contributed by atoms with Crippen LogP contribution in [0.2, 0.25) is 0 Å². The maximum atomic E-state index is 12.8. The van der Waals surface area contributed by atoms with Crippen molar-refractivity contribution in [3.8, 4) is 0 Å². The van der Waals surface area contributed by atoms with Gasteiger partial charge < -0.3 is 5.32 Å². The van der Waals surface area contributed by atoms with Crippen LogP contribution in [-0.2, 0) is 0 Å². The van der Waals surface area contributed by atoms with Crippen molar-refractivity contribution in [2.24, 2.45) is 0 Å². The lowest BCUT2D eigenvalue weighted by atomic mass is 10.3. The second-order valence-electron chi connectivity index (χ2n) is 2.60. The van der Waals surface area contributed by atoms with Crippen molar-refractivity contribution in [2.75, 3.05) is 5.32 Å². The summed E-state index contributed by atoms with van der Waals surface area (Å²) in [5.41, 5.74) is 0.608. The van der Waals surface area contributed by atoms with Crippen molar-refractivity contribution in [1.29, 1.82) is 0 Å². The molecule has 0 aliphatic heterocycles. The van der Waals surface area contributed by atoms with Gasteiger partial charge in [0.15, 0.2) is 0 Å². The summed E-state index contributed by atoms with van der Waals surface area (Å²) in [7, 11) is 0. The average molecular weight is 190 g/mol. The van der Waals surface area contributed by atoms with E-state index in [4.69, 9.17) is 0 Å². The molecule has 14 heavy (non-hydrogen) atoms. The van der Waals surface area contributed by atoms with Crippen LogP contribution in [0, 0.1) is 5.82 Å². The van der Waals surface area contributed by atoms with Gasteiger partial charge in [-0.2, -0.15) is 0 Å². The number of rotatable bonds is 2. The predicted octanol–water partition coefficient (Wildman–Crippen LogP) is 1.75. The van der Waals surface area contributed by atoms with Crippen LogP contribution in [0.5, 0.6) is 0 Å². The number of hydrogen-bond acceptors (Lipinski definition) is 4. The lowest BCUT2D eigenvalue weighted by Crippen LogP contribution is -1.96. The minimum Gasteiger partial charge on any atom is -0.324 e. The maximum Gasteiger partial charge on any atom is 0.230 e. The number of hydrogen-bond donors (Lipinski definition) is 1. The monoisotopic (exact) mass is 190 g/mol. The van der Waals surface area contributed by atoms with Crippen molar-refractivity contribution in [2.45, 2.75) is 0 Å². The zero-order chi connectivity index (χ0) is 9.80. The van der Waals surface area contributed by atoms with Crippen LogP contribution < -0.4 is 5.32 Å². The highest BCUT2D eigenvalue weighted by Crippen LogP contribution is 2.12. The molecule has 1 aromatic heterocycles. The summed E-state index contributed by atoms with van der Waals surface area (Å²) < 4.78 is 12.8. The van der Waals surface area contributed by atoms with E-state index >= 15 is 0 Å². The minimum absolute atomic E-state index is 0.302. The highest BCUT2D eigenvalue weighted by molar-refractivity contribution is 5.52. The van der Waals surface area contributed by atoms with E-state index in [2.05, 4.69) is 20.3 Å². The van der Waals surface area contributed by atoms with Gasteiger partial charge in [0.25, 0.3) is 0 Å². The Morgan fingerprint density at radius 1 is 1.14 bits per heavy atom. The first-order chi connectivity index (χ1) is 6.84. The standard InChI is InChI=1S/C9H7FN4/c10-7-2-1-3-8(4-7)14-9-12-5-11-6-13-9/h1-6H,(H,11,12,13,14). The first kappa shape index (κ1) is 8.55. The summed E-state index contributed by atoms with van der Waals surface area (Å²) in [6.07, 6.45) is 2.74. The molecule has 0 saturated carbocycles. The Hall–Kier alpha value is -2.04. The zero-order valence-electron chi connectivity index (χ0n) is 7.18. The van der Waals surface area contributed by atoms with E-state index in [0.717, 1.165) is 0 Å². The third-order valence-electron chi connectivity index (χ3n) is 1.57. The molecular weight excluding hydrogens is 183 g/mol. The molecule has 0 bridgehead atoms. The minimum atomic E-state index is -0.302. The predicted molar refractivity (Wildman–Crippen MR) is 49.5 cm³/mol. The van der Waals surface area contributed by atoms with Gasteiger partial charge in [0.05, 0.1) is 0 Å². The van der Waals surface area contributed by atoms with Crippen LogP contribution in [-0.4, -0.2) is 15.0 Å². The molecule has 0 atom stereocenters. The second-order valence-corrected chi connectivity index (χ2v) is 2.60. The molecule has 0 fully saturated rings. The van der Waals surface area contributed by atoms with Crippen LogP contribution in [0.3, 0.4) is 0 Å². The van der Waals surface area contributed by atoms with Crippen LogP contribution in [0.15, 0.2) is 36.9 Å². The summed E-state index contributed by atoms with van der Waals surface area (Å²) in [6.45, 7) is 0. The van der Waals surface area contributed by atoms with Crippen molar-refractivity contribution in [3.05, 3.63) is 42.7 Å². The number of halogens is 1. The van der Waals surface area contributed by atoms with Gasteiger partial charge in [0.2, 0.25) is 5.95 Å². The van der Waals surface area contributed by atoms with E-state index in [-0.39, 0.29) is 5.82 Å². The van der Waals surface area contributed by atoms with Gasteiger partial charge in [-0.15, -0.1) is 0 Å². The molecule has 5 heteroatoms. The smallest absolute Gasteiger partial charge is 0.230 e.